The smallest absolute Gasteiger partial charge is 0.331 e. The molecule has 0 saturated carbocycles. The van der Waals surface area contributed by atoms with Crippen molar-refractivity contribution in [3.05, 3.63) is 64.7 Å². The summed E-state index contributed by atoms with van der Waals surface area (Å²) in [5.74, 6) is 0. The lowest BCUT2D eigenvalue weighted by Crippen LogP contribution is -2.41. The number of rotatable bonds is 4. The van der Waals surface area contributed by atoms with E-state index < -0.39 is 22.6 Å². The number of hydrazone groups is 1. The van der Waals surface area contributed by atoms with Crippen molar-refractivity contribution >= 4 is 41.1 Å². The van der Waals surface area contributed by atoms with E-state index in [-0.39, 0.29) is 24.2 Å². The van der Waals surface area contributed by atoms with Gasteiger partial charge >= 0.3 is 12.2 Å². The predicted octanol–water partition coefficient (Wildman–Crippen LogP) is 5.29. The van der Waals surface area contributed by atoms with Gasteiger partial charge in [-0.05, 0) is 35.2 Å². The zero-order valence-electron chi connectivity index (χ0n) is 13.8. The average Bonchev–Trinajstić information content (AvgIpc) is 2.62. The van der Waals surface area contributed by atoms with Gasteiger partial charge in [0.1, 0.15) is 4.84 Å². The van der Waals surface area contributed by atoms with Crippen LogP contribution in [0.2, 0.25) is 0 Å². The molecule has 0 bridgehead atoms. The summed E-state index contributed by atoms with van der Waals surface area (Å²) >= 11 is 11.5. The number of alkyl halides is 5. The minimum atomic E-state index is -4.57. The number of carbonyl (C=O) groups is 1. The van der Waals surface area contributed by atoms with Crippen LogP contribution in [0, 0.1) is 0 Å². The number of anilines is 1. The third kappa shape index (κ3) is 4.54. The van der Waals surface area contributed by atoms with Crippen molar-refractivity contribution in [1.29, 1.82) is 0 Å². The SMILES string of the molecule is O=C1NCC=NN1c1ccc(Cc2ccc(C(Cl)Cl)cc2)c(C(F)(F)F)c1. The fourth-order valence-corrected chi connectivity index (χ4v) is 2.97. The number of nitrogens with one attached hydrogen (secondary N) is 1. The van der Waals surface area contributed by atoms with Crippen LogP contribution in [0.5, 0.6) is 0 Å². The summed E-state index contributed by atoms with van der Waals surface area (Å²) in [5, 5.41) is 7.24. The Bertz CT molecular complexity index is 867. The van der Waals surface area contributed by atoms with Crippen molar-refractivity contribution in [2.75, 3.05) is 11.6 Å². The average molecular weight is 416 g/mol. The standard InChI is InChI=1S/C18H14Cl2F3N3O/c19-16(20)12-3-1-11(2-4-12)9-13-5-6-14(10-15(13)18(21,22)23)26-17(27)24-7-8-25-26/h1-6,8,10,16H,7,9H2,(H,24,27). The zero-order valence-corrected chi connectivity index (χ0v) is 15.3. The summed E-state index contributed by atoms with van der Waals surface area (Å²) in [6.45, 7) is 0.237. The lowest BCUT2D eigenvalue weighted by Gasteiger charge is -2.22. The molecule has 0 unspecified atom stereocenters. The minimum Gasteiger partial charge on any atom is -0.331 e. The maximum absolute atomic E-state index is 13.6. The van der Waals surface area contributed by atoms with E-state index in [4.69, 9.17) is 23.2 Å². The summed E-state index contributed by atoms with van der Waals surface area (Å²) in [6.07, 6.45) is -3.09. The molecule has 0 aliphatic carbocycles. The molecule has 0 aromatic heterocycles. The van der Waals surface area contributed by atoms with E-state index in [0.29, 0.717) is 11.1 Å². The topological polar surface area (TPSA) is 44.7 Å². The highest BCUT2D eigenvalue weighted by atomic mass is 35.5. The van der Waals surface area contributed by atoms with Crippen molar-refractivity contribution < 1.29 is 18.0 Å². The highest BCUT2D eigenvalue weighted by molar-refractivity contribution is 6.44. The third-order valence-electron chi connectivity index (χ3n) is 4.00. The number of benzene rings is 2. The quantitative estimate of drug-likeness (QED) is 0.677. The van der Waals surface area contributed by atoms with Crippen molar-refractivity contribution in [2.45, 2.75) is 17.4 Å². The summed E-state index contributed by atoms with van der Waals surface area (Å²) < 4.78 is 40.7. The van der Waals surface area contributed by atoms with Gasteiger partial charge in [0.05, 0.1) is 17.8 Å². The van der Waals surface area contributed by atoms with Crippen LogP contribution >= 0.6 is 23.2 Å². The van der Waals surface area contributed by atoms with Crippen LogP contribution in [-0.4, -0.2) is 18.8 Å². The largest absolute Gasteiger partial charge is 0.416 e. The molecule has 142 valence electrons. The number of hydrogen-bond donors (Lipinski definition) is 1. The van der Waals surface area contributed by atoms with Gasteiger partial charge in [0.2, 0.25) is 0 Å². The van der Waals surface area contributed by atoms with E-state index >= 15 is 0 Å². The molecule has 0 spiro atoms. The number of carbonyl (C=O) groups excluding carboxylic acids is 1. The Hall–Kier alpha value is -2.25. The molecular formula is C18H14Cl2F3N3O. The Labute approximate surface area is 163 Å². The number of nitrogens with zero attached hydrogens (tertiary/aromatic N) is 2. The first-order chi connectivity index (χ1) is 12.8. The normalized spacial score (nSPS) is 14.6. The van der Waals surface area contributed by atoms with Crippen LogP contribution in [-0.2, 0) is 12.6 Å². The van der Waals surface area contributed by atoms with Gasteiger partial charge in [-0.25, -0.2) is 4.79 Å². The predicted molar refractivity (Wildman–Crippen MR) is 99.5 cm³/mol. The van der Waals surface area contributed by atoms with Gasteiger partial charge < -0.3 is 5.32 Å². The molecule has 27 heavy (non-hydrogen) atoms. The van der Waals surface area contributed by atoms with Gasteiger partial charge in [-0.15, -0.1) is 23.2 Å². The molecule has 1 aliphatic heterocycles. The Kier molecular flexibility index (Phi) is 5.62. The number of amides is 2. The van der Waals surface area contributed by atoms with E-state index in [1.54, 1.807) is 24.3 Å². The molecule has 0 radical (unpaired) electrons. The molecule has 0 fully saturated rings. The first kappa shape index (κ1) is 19.5. The number of hydrogen-bond acceptors (Lipinski definition) is 2. The molecule has 2 aromatic carbocycles. The van der Waals surface area contributed by atoms with E-state index in [9.17, 15) is 18.0 Å². The Morgan fingerprint density at radius 3 is 2.44 bits per heavy atom. The molecule has 1 N–H and O–H groups in total. The maximum Gasteiger partial charge on any atom is 0.416 e. The summed E-state index contributed by atoms with van der Waals surface area (Å²) in [6, 6.07) is 9.87. The number of urea groups is 1. The van der Waals surface area contributed by atoms with Crippen LogP contribution in [0.3, 0.4) is 0 Å². The van der Waals surface area contributed by atoms with Crippen molar-refractivity contribution in [3.63, 3.8) is 0 Å². The summed E-state index contributed by atoms with van der Waals surface area (Å²) in [5.41, 5.74) is 0.670. The summed E-state index contributed by atoms with van der Waals surface area (Å²) in [7, 11) is 0. The third-order valence-corrected chi connectivity index (χ3v) is 4.51. The molecule has 2 amide bonds. The first-order valence-electron chi connectivity index (χ1n) is 7.93. The highest BCUT2D eigenvalue weighted by Gasteiger charge is 2.34. The molecule has 0 atom stereocenters. The lowest BCUT2D eigenvalue weighted by molar-refractivity contribution is -0.138. The molecular weight excluding hydrogens is 402 g/mol. The van der Waals surface area contributed by atoms with Gasteiger partial charge in [-0.1, -0.05) is 30.3 Å². The second-order valence-corrected chi connectivity index (χ2v) is 6.95. The fraction of sp³-hybridized carbons (Fsp3) is 0.222. The van der Waals surface area contributed by atoms with E-state index in [0.717, 1.165) is 11.1 Å². The van der Waals surface area contributed by atoms with Gasteiger partial charge in [-0.2, -0.15) is 23.3 Å². The first-order valence-corrected chi connectivity index (χ1v) is 8.80. The van der Waals surface area contributed by atoms with Crippen LogP contribution in [0.4, 0.5) is 23.7 Å². The van der Waals surface area contributed by atoms with E-state index in [1.165, 1.54) is 18.3 Å². The van der Waals surface area contributed by atoms with Gasteiger partial charge in [-0.3, -0.25) is 0 Å². The van der Waals surface area contributed by atoms with Crippen molar-refractivity contribution in [1.82, 2.24) is 5.32 Å². The second-order valence-electron chi connectivity index (χ2n) is 5.85. The van der Waals surface area contributed by atoms with Crippen LogP contribution in [0.1, 0.15) is 27.1 Å². The monoisotopic (exact) mass is 415 g/mol. The van der Waals surface area contributed by atoms with Crippen LogP contribution < -0.4 is 10.3 Å². The van der Waals surface area contributed by atoms with Gasteiger partial charge in [0.15, 0.2) is 0 Å². The lowest BCUT2D eigenvalue weighted by atomic mass is 9.98. The van der Waals surface area contributed by atoms with Gasteiger partial charge in [0.25, 0.3) is 0 Å². The van der Waals surface area contributed by atoms with Crippen molar-refractivity contribution in [3.8, 4) is 0 Å². The van der Waals surface area contributed by atoms with E-state index in [1.807, 2.05) is 0 Å². The molecule has 4 nitrogen and oxygen atoms in total. The molecule has 1 aliphatic rings. The zero-order chi connectivity index (χ0) is 19.6. The second kappa shape index (κ2) is 7.78. The maximum atomic E-state index is 13.6. The minimum absolute atomic E-state index is 0.0435. The molecule has 3 rings (SSSR count). The molecule has 9 heteroatoms. The van der Waals surface area contributed by atoms with Crippen molar-refractivity contribution in [2.24, 2.45) is 5.10 Å². The van der Waals surface area contributed by atoms with Gasteiger partial charge in [0, 0.05) is 6.21 Å². The van der Waals surface area contributed by atoms with Crippen LogP contribution in [0.15, 0.2) is 47.6 Å². The molecule has 1 heterocycles. The Balaban J connectivity index is 1.94. The molecule has 0 saturated heterocycles. The summed E-state index contributed by atoms with van der Waals surface area (Å²) in [4.78, 5) is 11.1. The Morgan fingerprint density at radius 1 is 1.15 bits per heavy atom. The Morgan fingerprint density at radius 2 is 1.85 bits per heavy atom. The van der Waals surface area contributed by atoms with Crippen LogP contribution in [0.25, 0.3) is 0 Å². The number of halogens is 5. The molecule has 2 aromatic rings. The highest BCUT2D eigenvalue weighted by Crippen LogP contribution is 2.36. The fourth-order valence-electron chi connectivity index (χ4n) is 2.68. The van der Waals surface area contributed by atoms with E-state index in [2.05, 4.69) is 10.4 Å².